The summed E-state index contributed by atoms with van der Waals surface area (Å²) in [6.07, 6.45) is -0.416. The van der Waals surface area contributed by atoms with Crippen LogP contribution in [0.3, 0.4) is 0 Å². The summed E-state index contributed by atoms with van der Waals surface area (Å²) in [4.78, 5) is 23.3. The van der Waals surface area contributed by atoms with Crippen molar-refractivity contribution in [1.82, 2.24) is 5.32 Å². The standard InChI is InChI=1S/C17H15F2NO5S/c18-11-6-7-13(14(19)10-11)16(21)20-15(17(22)23)8-9-26(24,25)12-4-2-1-3-5-12/h1-7,10,15H,8-9H2,(H,20,21)(H,22,23)/t15-/m1/s1. The van der Waals surface area contributed by atoms with Crippen LogP contribution in [0.15, 0.2) is 53.4 Å². The number of nitrogens with one attached hydrogen (secondary N) is 1. The molecule has 0 heterocycles. The van der Waals surface area contributed by atoms with Crippen LogP contribution >= 0.6 is 0 Å². The molecule has 6 nitrogen and oxygen atoms in total. The van der Waals surface area contributed by atoms with Gasteiger partial charge in [0, 0.05) is 6.07 Å². The number of benzene rings is 2. The third-order valence-corrected chi connectivity index (χ3v) is 5.32. The van der Waals surface area contributed by atoms with Crippen molar-refractivity contribution in [3.05, 3.63) is 65.7 Å². The summed E-state index contributed by atoms with van der Waals surface area (Å²) >= 11 is 0. The Hall–Kier alpha value is -2.81. The molecule has 0 bridgehead atoms. The van der Waals surface area contributed by atoms with E-state index in [9.17, 15) is 31.9 Å². The van der Waals surface area contributed by atoms with Crippen LogP contribution in [0, 0.1) is 11.6 Å². The SMILES string of the molecule is O=C(N[C@H](CCS(=O)(=O)c1ccccc1)C(=O)O)c1ccc(F)cc1F. The molecule has 1 atom stereocenters. The molecule has 2 aromatic carbocycles. The molecule has 0 saturated carbocycles. The van der Waals surface area contributed by atoms with Gasteiger partial charge in [-0.15, -0.1) is 0 Å². The maximum absolute atomic E-state index is 13.6. The van der Waals surface area contributed by atoms with Crippen molar-refractivity contribution >= 4 is 21.7 Å². The lowest BCUT2D eigenvalue weighted by molar-refractivity contribution is -0.139. The number of hydrogen-bond donors (Lipinski definition) is 2. The van der Waals surface area contributed by atoms with Gasteiger partial charge in [0.25, 0.3) is 5.91 Å². The van der Waals surface area contributed by atoms with Crippen molar-refractivity contribution < 1.29 is 31.9 Å². The molecule has 138 valence electrons. The fraction of sp³-hybridized carbons (Fsp3) is 0.176. The van der Waals surface area contributed by atoms with Crippen LogP contribution in [0.1, 0.15) is 16.8 Å². The molecule has 1 amide bonds. The zero-order valence-electron chi connectivity index (χ0n) is 13.4. The third-order valence-electron chi connectivity index (χ3n) is 3.56. The second-order valence-electron chi connectivity index (χ2n) is 5.41. The maximum atomic E-state index is 13.6. The van der Waals surface area contributed by atoms with Crippen molar-refractivity contribution in [2.24, 2.45) is 0 Å². The van der Waals surface area contributed by atoms with Gasteiger partial charge in [-0.1, -0.05) is 18.2 Å². The number of rotatable bonds is 7. The van der Waals surface area contributed by atoms with Crippen LogP contribution < -0.4 is 5.32 Å². The number of amides is 1. The number of carbonyl (C=O) groups excluding carboxylic acids is 1. The Morgan fingerprint density at radius 3 is 2.31 bits per heavy atom. The molecule has 0 aromatic heterocycles. The summed E-state index contributed by atoms with van der Waals surface area (Å²) in [5, 5.41) is 11.2. The van der Waals surface area contributed by atoms with Gasteiger partial charge in [0.2, 0.25) is 0 Å². The first-order valence-corrected chi connectivity index (χ1v) is 9.12. The smallest absolute Gasteiger partial charge is 0.326 e. The largest absolute Gasteiger partial charge is 0.480 e. The van der Waals surface area contributed by atoms with Crippen LogP contribution in [0.4, 0.5) is 8.78 Å². The average molecular weight is 383 g/mol. The fourth-order valence-corrected chi connectivity index (χ4v) is 3.54. The average Bonchev–Trinajstić information content (AvgIpc) is 2.59. The highest BCUT2D eigenvalue weighted by Gasteiger charge is 2.25. The molecule has 9 heteroatoms. The Morgan fingerprint density at radius 1 is 1.08 bits per heavy atom. The van der Waals surface area contributed by atoms with E-state index < -0.39 is 57.1 Å². The second-order valence-corrected chi connectivity index (χ2v) is 7.52. The minimum absolute atomic E-state index is 0.0278. The highest BCUT2D eigenvalue weighted by atomic mass is 32.2. The molecule has 0 aliphatic heterocycles. The number of carbonyl (C=O) groups is 2. The fourth-order valence-electron chi connectivity index (χ4n) is 2.19. The molecular formula is C17H15F2NO5S. The Kier molecular flexibility index (Phi) is 6.04. The lowest BCUT2D eigenvalue weighted by Gasteiger charge is -2.15. The number of carboxylic acid groups (broad SMARTS) is 1. The highest BCUT2D eigenvalue weighted by Crippen LogP contribution is 2.13. The van der Waals surface area contributed by atoms with E-state index in [1.54, 1.807) is 6.07 Å². The predicted molar refractivity (Wildman–Crippen MR) is 88.4 cm³/mol. The van der Waals surface area contributed by atoms with E-state index in [1.165, 1.54) is 24.3 Å². The van der Waals surface area contributed by atoms with Crippen molar-refractivity contribution in [1.29, 1.82) is 0 Å². The number of hydrogen-bond acceptors (Lipinski definition) is 4. The summed E-state index contributed by atoms with van der Waals surface area (Å²) in [6, 6.07) is 8.11. The Bertz CT molecular complexity index is 916. The van der Waals surface area contributed by atoms with Gasteiger partial charge in [0.05, 0.1) is 16.2 Å². The van der Waals surface area contributed by atoms with Gasteiger partial charge < -0.3 is 10.4 Å². The van der Waals surface area contributed by atoms with Crippen molar-refractivity contribution in [3.8, 4) is 0 Å². The third kappa shape index (κ3) is 4.85. The quantitative estimate of drug-likeness (QED) is 0.762. The predicted octanol–water partition coefficient (Wildman–Crippen LogP) is 2.01. The molecule has 0 fully saturated rings. The topological polar surface area (TPSA) is 101 Å². The van der Waals surface area contributed by atoms with Crippen LogP contribution in [-0.4, -0.2) is 37.2 Å². The van der Waals surface area contributed by atoms with Gasteiger partial charge in [-0.05, 0) is 30.7 Å². The van der Waals surface area contributed by atoms with Gasteiger partial charge in [0.15, 0.2) is 9.84 Å². The monoisotopic (exact) mass is 383 g/mol. The minimum atomic E-state index is -3.74. The van der Waals surface area contributed by atoms with E-state index in [2.05, 4.69) is 5.32 Å². The molecule has 26 heavy (non-hydrogen) atoms. The summed E-state index contributed by atoms with van der Waals surface area (Å²) in [5.41, 5.74) is -0.538. The van der Waals surface area contributed by atoms with Gasteiger partial charge in [-0.25, -0.2) is 22.0 Å². The Labute approximate surface area is 148 Å². The van der Waals surface area contributed by atoms with Crippen molar-refractivity contribution in [2.45, 2.75) is 17.4 Å². The Morgan fingerprint density at radius 2 is 1.73 bits per heavy atom. The maximum Gasteiger partial charge on any atom is 0.326 e. The van der Waals surface area contributed by atoms with Crippen molar-refractivity contribution in [3.63, 3.8) is 0 Å². The molecule has 0 unspecified atom stereocenters. The van der Waals surface area contributed by atoms with Crippen LogP contribution in [0.5, 0.6) is 0 Å². The zero-order valence-corrected chi connectivity index (χ0v) is 14.2. The molecule has 0 aliphatic rings. The van der Waals surface area contributed by atoms with E-state index in [-0.39, 0.29) is 4.90 Å². The number of halogens is 2. The molecule has 0 saturated heterocycles. The lowest BCUT2D eigenvalue weighted by atomic mass is 10.1. The highest BCUT2D eigenvalue weighted by molar-refractivity contribution is 7.91. The molecular weight excluding hydrogens is 368 g/mol. The summed E-state index contributed by atoms with van der Waals surface area (Å²) < 4.78 is 50.9. The summed E-state index contributed by atoms with van der Waals surface area (Å²) in [7, 11) is -3.74. The number of sulfone groups is 1. The van der Waals surface area contributed by atoms with Crippen molar-refractivity contribution in [2.75, 3.05) is 5.75 Å². The van der Waals surface area contributed by atoms with Gasteiger partial charge >= 0.3 is 5.97 Å². The molecule has 0 radical (unpaired) electrons. The first-order valence-electron chi connectivity index (χ1n) is 7.47. The normalized spacial score (nSPS) is 12.4. The molecule has 2 aromatic rings. The van der Waals surface area contributed by atoms with Gasteiger partial charge in [-0.2, -0.15) is 0 Å². The van der Waals surface area contributed by atoms with E-state index in [1.807, 2.05) is 0 Å². The van der Waals surface area contributed by atoms with E-state index in [4.69, 9.17) is 0 Å². The molecule has 2 rings (SSSR count). The zero-order chi connectivity index (χ0) is 19.3. The summed E-state index contributed by atoms with van der Waals surface area (Å²) in [5.74, 6) is -5.11. The van der Waals surface area contributed by atoms with E-state index in [0.29, 0.717) is 6.07 Å². The number of carboxylic acids is 1. The first-order chi connectivity index (χ1) is 12.2. The van der Waals surface area contributed by atoms with Crippen LogP contribution in [0.25, 0.3) is 0 Å². The van der Waals surface area contributed by atoms with E-state index in [0.717, 1.165) is 12.1 Å². The molecule has 0 aliphatic carbocycles. The van der Waals surface area contributed by atoms with Gasteiger partial charge in [0.1, 0.15) is 17.7 Å². The van der Waals surface area contributed by atoms with E-state index >= 15 is 0 Å². The van der Waals surface area contributed by atoms with Crippen LogP contribution in [0.2, 0.25) is 0 Å². The lowest BCUT2D eigenvalue weighted by Crippen LogP contribution is -2.42. The number of aliphatic carboxylic acids is 1. The summed E-state index contributed by atoms with van der Waals surface area (Å²) in [6.45, 7) is 0. The first kappa shape index (κ1) is 19.5. The van der Waals surface area contributed by atoms with Gasteiger partial charge in [-0.3, -0.25) is 4.79 Å². The Balaban J connectivity index is 2.10. The minimum Gasteiger partial charge on any atom is -0.480 e. The molecule has 0 spiro atoms. The second kappa shape index (κ2) is 8.05. The van der Waals surface area contributed by atoms with Crippen LogP contribution in [-0.2, 0) is 14.6 Å². The molecule has 2 N–H and O–H groups in total.